The zero-order valence-electron chi connectivity index (χ0n) is 13.3. The molecule has 0 saturated heterocycles. The highest BCUT2D eigenvalue weighted by atomic mass is 16.2. The van der Waals surface area contributed by atoms with Crippen LogP contribution in [0.5, 0.6) is 0 Å². The van der Waals surface area contributed by atoms with Crippen molar-refractivity contribution in [1.29, 1.82) is 0 Å². The number of aromatic nitrogens is 2. The largest absolute Gasteiger partial charge is 0.383 e. The van der Waals surface area contributed by atoms with E-state index < -0.39 is 17.2 Å². The molecule has 1 heterocycles. The summed E-state index contributed by atoms with van der Waals surface area (Å²) in [5.74, 6) is 6.55. The first kappa shape index (κ1) is 18.1. The van der Waals surface area contributed by atoms with Crippen LogP contribution in [0.25, 0.3) is 0 Å². The number of carbonyl (C=O) groups excluding carboxylic acids is 1. The molecule has 0 spiro atoms. The number of anilines is 2. The van der Waals surface area contributed by atoms with Crippen molar-refractivity contribution in [3.63, 3.8) is 0 Å². The summed E-state index contributed by atoms with van der Waals surface area (Å²) in [7, 11) is 1.39. The van der Waals surface area contributed by atoms with Gasteiger partial charge >= 0.3 is 11.6 Å². The van der Waals surface area contributed by atoms with Gasteiger partial charge in [-0.05, 0) is 12.3 Å². The zero-order valence-corrected chi connectivity index (χ0v) is 13.3. The van der Waals surface area contributed by atoms with E-state index in [0.717, 1.165) is 28.4 Å². The van der Waals surface area contributed by atoms with Gasteiger partial charge in [-0.2, -0.15) is 0 Å². The maximum absolute atomic E-state index is 12.2. The second kappa shape index (κ2) is 8.50. The molecule has 0 saturated carbocycles. The number of rotatable bonds is 5. The molecule has 0 aromatic carbocycles. The number of terminal acetylenes is 1. The van der Waals surface area contributed by atoms with E-state index in [0.29, 0.717) is 6.42 Å². The standard InChI is InChI=1S/C16H20N4O3/c1-4-6-7-8-9-10-12(21)18-13-14(17)19(3)16(23)20(11-5-2)15(13)22/h2H,4,6-8,11,17H2,1,3H3,(H,18,21). The lowest BCUT2D eigenvalue weighted by Gasteiger charge is -2.12. The van der Waals surface area contributed by atoms with Gasteiger partial charge in [-0.3, -0.25) is 14.2 Å². The Kier molecular flexibility index (Phi) is 6.69. The van der Waals surface area contributed by atoms with Crippen molar-refractivity contribution in [2.75, 3.05) is 11.1 Å². The first-order valence-electron chi connectivity index (χ1n) is 7.26. The Bertz CT molecular complexity index is 800. The van der Waals surface area contributed by atoms with E-state index in [9.17, 15) is 14.4 Å². The maximum atomic E-state index is 12.2. The van der Waals surface area contributed by atoms with Crippen molar-refractivity contribution in [3.05, 3.63) is 20.8 Å². The summed E-state index contributed by atoms with van der Waals surface area (Å²) in [6.45, 7) is 1.86. The summed E-state index contributed by atoms with van der Waals surface area (Å²) in [5.41, 5.74) is 4.14. The van der Waals surface area contributed by atoms with Gasteiger partial charge in [0.1, 0.15) is 11.5 Å². The molecule has 1 rings (SSSR count). The lowest BCUT2D eigenvalue weighted by atomic mass is 10.2. The quantitative estimate of drug-likeness (QED) is 0.602. The fourth-order valence-electron chi connectivity index (χ4n) is 1.88. The van der Waals surface area contributed by atoms with Crippen molar-refractivity contribution in [2.24, 2.45) is 7.05 Å². The molecule has 0 radical (unpaired) electrons. The summed E-state index contributed by atoms with van der Waals surface area (Å²) >= 11 is 0. The molecule has 1 aromatic rings. The smallest absolute Gasteiger partial charge is 0.333 e. The van der Waals surface area contributed by atoms with Gasteiger partial charge in [0.05, 0.1) is 6.54 Å². The highest BCUT2D eigenvalue weighted by molar-refractivity contribution is 6.05. The van der Waals surface area contributed by atoms with Gasteiger partial charge < -0.3 is 11.1 Å². The summed E-state index contributed by atoms with van der Waals surface area (Å²) in [4.78, 5) is 35.9. The number of hydrogen-bond acceptors (Lipinski definition) is 4. The predicted octanol–water partition coefficient (Wildman–Crippen LogP) is 0.285. The van der Waals surface area contributed by atoms with Gasteiger partial charge in [0.25, 0.3) is 5.56 Å². The molecule has 23 heavy (non-hydrogen) atoms. The van der Waals surface area contributed by atoms with Gasteiger partial charge in [0, 0.05) is 13.5 Å². The van der Waals surface area contributed by atoms with Crippen LogP contribution >= 0.6 is 0 Å². The molecule has 0 atom stereocenters. The third-order valence-corrected chi connectivity index (χ3v) is 3.19. The van der Waals surface area contributed by atoms with Crippen LogP contribution in [0.3, 0.4) is 0 Å². The highest BCUT2D eigenvalue weighted by Crippen LogP contribution is 2.09. The number of nitrogen functional groups attached to an aromatic ring is 1. The molecule has 7 nitrogen and oxygen atoms in total. The summed E-state index contributed by atoms with van der Waals surface area (Å²) in [6, 6.07) is 0. The van der Waals surface area contributed by atoms with Crippen LogP contribution < -0.4 is 22.3 Å². The van der Waals surface area contributed by atoms with Crippen molar-refractivity contribution in [1.82, 2.24) is 9.13 Å². The molecule has 0 aliphatic rings. The molecule has 3 N–H and O–H groups in total. The van der Waals surface area contributed by atoms with E-state index in [4.69, 9.17) is 12.2 Å². The lowest BCUT2D eigenvalue weighted by molar-refractivity contribution is -0.111. The Morgan fingerprint density at radius 1 is 1.35 bits per heavy atom. The number of amides is 1. The third kappa shape index (κ3) is 4.52. The van der Waals surface area contributed by atoms with Gasteiger partial charge in [-0.25, -0.2) is 9.36 Å². The van der Waals surface area contributed by atoms with Crippen LogP contribution in [0.4, 0.5) is 11.5 Å². The van der Waals surface area contributed by atoms with Gasteiger partial charge in [0.15, 0.2) is 0 Å². The molecule has 0 aliphatic heterocycles. The minimum Gasteiger partial charge on any atom is -0.383 e. The van der Waals surface area contributed by atoms with Crippen LogP contribution in [0.2, 0.25) is 0 Å². The Hall–Kier alpha value is -2.93. The van der Waals surface area contributed by atoms with Gasteiger partial charge in [-0.15, -0.1) is 6.42 Å². The number of nitrogens with two attached hydrogens (primary N) is 1. The van der Waals surface area contributed by atoms with E-state index in [1.54, 1.807) is 0 Å². The topological polar surface area (TPSA) is 99.1 Å². The SMILES string of the molecule is C#CCn1c(=O)c(NC(=O)C#CCCCCC)c(N)n(C)c1=O. The van der Waals surface area contributed by atoms with E-state index in [2.05, 4.69) is 30.0 Å². The first-order chi connectivity index (χ1) is 10.9. The van der Waals surface area contributed by atoms with E-state index in [-0.39, 0.29) is 18.1 Å². The molecule has 0 bridgehead atoms. The fraction of sp³-hybridized carbons (Fsp3) is 0.438. The van der Waals surface area contributed by atoms with Crippen molar-refractivity contribution in [2.45, 2.75) is 39.2 Å². The molecule has 0 unspecified atom stereocenters. The number of nitrogens with zero attached hydrogens (tertiary/aromatic N) is 2. The maximum Gasteiger partial charge on any atom is 0.333 e. The molecular weight excluding hydrogens is 296 g/mol. The van der Waals surface area contributed by atoms with Gasteiger partial charge in [-0.1, -0.05) is 31.6 Å². The van der Waals surface area contributed by atoms with E-state index in [1.165, 1.54) is 7.05 Å². The zero-order chi connectivity index (χ0) is 17.4. The van der Waals surface area contributed by atoms with Crippen molar-refractivity contribution in [3.8, 4) is 24.2 Å². The number of hydrogen-bond donors (Lipinski definition) is 2. The van der Waals surface area contributed by atoms with Crippen LogP contribution in [-0.2, 0) is 18.4 Å². The fourth-order valence-corrected chi connectivity index (χ4v) is 1.88. The molecule has 1 amide bonds. The van der Waals surface area contributed by atoms with Crippen LogP contribution in [0.15, 0.2) is 9.59 Å². The summed E-state index contributed by atoms with van der Waals surface area (Å²) in [5, 5.41) is 2.34. The molecule has 0 aliphatic carbocycles. The van der Waals surface area contributed by atoms with E-state index >= 15 is 0 Å². The molecule has 122 valence electrons. The van der Waals surface area contributed by atoms with Crippen LogP contribution in [-0.4, -0.2) is 15.0 Å². The summed E-state index contributed by atoms with van der Waals surface area (Å²) < 4.78 is 1.86. The van der Waals surface area contributed by atoms with Gasteiger partial charge in [0.2, 0.25) is 0 Å². The Labute approximate surface area is 134 Å². The monoisotopic (exact) mass is 316 g/mol. The number of unbranched alkanes of at least 4 members (excludes halogenated alkanes) is 3. The normalized spacial score (nSPS) is 9.61. The third-order valence-electron chi connectivity index (χ3n) is 3.19. The number of carbonyl (C=O) groups is 1. The molecule has 0 fully saturated rings. The van der Waals surface area contributed by atoms with Crippen LogP contribution in [0, 0.1) is 24.2 Å². The first-order valence-corrected chi connectivity index (χ1v) is 7.26. The Balaban J connectivity index is 3.05. The summed E-state index contributed by atoms with van der Waals surface area (Å²) in [6.07, 6.45) is 8.77. The Morgan fingerprint density at radius 3 is 2.65 bits per heavy atom. The lowest BCUT2D eigenvalue weighted by Crippen LogP contribution is -2.41. The van der Waals surface area contributed by atoms with Crippen LogP contribution in [0.1, 0.15) is 32.6 Å². The second-order valence-electron chi connectivity index (χ2n) is 4.91. The molecule has 1 aromatic heterocycles. The minimum absolute atomic E-state index is 0.144. The minimum atomic E-state index is -0.746. The average Bonchev–Trinajstić information content (AvgIpc) is 2.53. The van der Waals surface area contributed by atoms with Crippen molar-refractivity contribution < 1.29 is 4.79 Å². The second-order valence-corrected chi connectivity index (χ2v) is 4.91. The highest BCUT2D eigenvalue weighted by Gasteiger charge is 2.16. The number of nitrogens with one attached hydrogen (secondary N) is 1. The van der Waals surface area contributed by atoms with Crippen molar-refractivity contribution >= 4 is 17.4 Å². The average molecular weight is 316 g/mol. The molecular formula is C16H20N4O3. The Morgan fingerprint density at radius 2 is 2.04 bits per heavy atom. The molecule has 7 heteroatoms. The predicted molar refractivity (Wildman–Crippen MR) is 89.7 cm³/mol. The van der Waals surface area contributed by atoms with E-state index in [1.807, 2.05) is 0 Å².